The Balaban J connectivity index is 2.55. The van der Waals surface area contributed by atoms with Crippen molar-refractivity contribution in [2.24, 2.45) is 5.73 Å². The van der Waals surface area contributed by atoms with Crippen molar-refractivity contribution < 1.29 is 4.79 Å². The average Bonchev–Trinajstić information content (AvgIpc) is 2.19. The first-order valence-electron chi connectivity index (χ1n) is 4.49. The highest BCUT2D eigenvalue weighted by atomic mass is 16.1. The predicted octanol–water partition coefficient (Wildman–Crippen LogP) is 0.303. The Morgan fingerprint density at radius 3 is 2.50 bits per heavy atom. The molecule has 0 radical (unpaired) electrons. The molecule has 14 heavy (non-hydrogen) atoms. The van der Waals surface area contributed by atoms with E-state index in [9.17, 15) is 4.79 Å². The van der Waals surface area contributed by atoms with E-state index in [-0.39, 0.29) is 5.91 Å². The molecule has 1 aromatic carbocycles. The quantitative estimate of drug-likeness (QED) is 0.644. The first-order chi connectivity index (χ1) is 6.76. The van der Waals surface area contributed by atoms with E-state index in [1.807, 2.05) is 24.3 Å². The summed E-state index contributed by atoms with van der Waals surface area (Å²) >= 11 is 0. The minimum absolute atomic E-state index is 0.0481. The molecule has 76 valence electrons. The van der Waals surface area contributed by atoms with Crippen LogP contribution >= 0.6 is 0 Å². The number of amides is 1. The fourth-order valence-electron chi connectivity index (χ4n) is 1.09. The molecule has 4 N–H and O–H groups in total. The van der Waals surface area contributed by atoms with E-state index in [1.54, 1.807) is 7.05 Å². The molecule has 0 aliphatic rings. The summed E-state index contributed by atoms with van der Waals surface area (Å²) in [6.45, 7) is 0.837. The highest BCUT2D eigenvalue weighted by Gasteiger charge is 1.99. The van der Waals surface area contributed by atoms with Crippen LogP contribution in [-0.4, -0.2) is 19.5 Å². The zero-order valence-corrected chi connectivity index (χ0v) is 8.21. The summed E-state index contributed by atoms with van der Waals surface area (Å²) in [7, 11) is 1.73. The highest BCUT2D eigenvalue weighted by Crippen LogP contribution is 2.08. The van der Waals surface area contributed by atoms with E-state index < -0.39 is 0 Å². The van der Waals surface area contributed by atoms with Gasteiger partial charge in [0.15, 0.2) is 0 Å². The Hall–Kier alpha value is -1.39. The lowest BCUT2D eigenvalue weighted by Gasteiger charge is -2.05. The molecule has 1 aromatic rings. The summed E-state index contributed by atoms with van der Waals surface area (Å²) in [6.07, 6.45) is 0. The summed E-state index contributed by atoms with van der Waals surface area (Å²) in [4.78, 5) is 11.2. The van der Waals surface area contributed by atoms with Crippen LogP contribution < -0.4 is 16.4 Å². The standard InChI is InChI=1S/C10H15N3O/c1-12-7-10(14)13-9-4-2-8(6-11)3-5-9/h2-5,12H,6-7,11H2,1H3,(H,13,14). The van der Waals surface area contributed by atoms with Gasteiger partial charge in [-0.05, 0) is 24.7 Å². The maximum atomic E-state index is 11.2. The van der Waals surface area contributed by atoms with Gasteiger partial charge < -0.3 is 16.4 Å². The predicted molar refractivity (Wildman–Crippen MR) is 56.9 cm³/mol. The molecule has 0 atom stereocenters. The van der Waals surface area contributed by atoms with Gasteiger partial charge >= 0.3 is 0 Å². The molecule has 4 nitrogen and oxygen atoms in total. The van der Waals surface area contributed by atoms with E-state index in [2.05, 4.69) is 10.6 Å². The molecule has 0 aromatic heterocycles. The van der Waals surface area contributed by atoms with E-state index in [0.29, 0.717) is 13.1 Å². The molecule has 0 heterocycles. The number of carbonyl (C=O) groups excluding carboxylic acids is 1. The highest BCUT2D eigenvalue weighted by molar-refractivity contribution is 5.92. The van der Waals surface area contributed by atoms with Crippen LogP contribution in [0.25, 0.3) is 0 Å². The second kappa shape index (κ2) is 5.36. The van der Waals surface area contributed by atoms with Crippen LogP contribution in [-0.2, 0) is 11.3 Å². The van der Waals surface area contributed by atoms with E-state index in [1.165, 1.54) is 0 Å². The minimum atomic E-state index is -0.0481. The molecule has 0 fully saturated rings. The third-order valence-corrected chi connectivity index (χ3v) is 1.81. The van der Waals surface area contributed by atoms with Crippen molar-refractivity contribution >= 4 is 11.6 Å². The van der Waals surface area contributed by atoms with Gasteiger partial charge in [-0.3, -0.25) is 4.79 Å². The fourth-order valence-corrected chi connectivity index (χ4v) is 1.09. The van der Waals surface area contributed by atoms with Crippen LogP contribution in [0.4, 0.5) is 5.69 Å². The summed E-state index contributed by atoms with van der Waals surface area (Å²) in [5.74, 6) is -0.0481. The number of hydrogen-bond donors (Lipinski definition) is 3. The smallest absolute Gasteiger partial charge is 0.238 e. The number of benzene rings is 1. The van der Waals surface area contributed by atoms with Gasteiger partial charge in [-0.1, -0.05) is 12.1 Å². The molecule has 0 aliphatic carbocycles. The molecule has 0 saturated heterocycles. The van der Waals surface area contributed by atoms with E-state index in [4.69, 9.17) is 5.73 Å². The summed E-state index contributed by atoms with van der Waals surface area (Å²) in [5.41, 5.74) is 7.30. The van der Waals surface area contributed by atoms with Crippen LogP contribution in [0, 0.1) is 0 Å². The van der Waals surface area contributed by atoms with Gasteiger partial charge in [0.25, 0.3) is 0 Å². The van der Waals surface area contributed by atoms with Crippen molar-refractivity contribution in [1.29, 1.82) is 0 Å². The van der Waals surface area contributed by atoms with Crippen LogP contribution in [0.2, 0.25) is 0 Å². The molecule has 0 bridgehead atoms. The molecule has 0 saturated carbocycles. The number of carbonyl (C=O) groups is 1. The second-order valence-corrected chi connectivity index (χ2v) is 2.98. The third kappa shape index (κ3) is 3.16. The monoisotopic (exact) mass is 193 g/mol. The van der Waals surface area contributed by atoms with Gasteiger partial charge in [0, 0.05) is 12.2 Å². The van der Waals surface area contributed by atoms with Gasteiger partial charge in [-0.15, -0.1) is 0 Å². The van der Waals surface area contributed by atoms with Crippen molar-refractivity contribution in [3.63, 3.8) is 0 Å². The molecular weight excluding hydrogens is 178 g/mol. The van der Waals surface area contributed by atoms with Crippen molar-refractivity contribution in [3.05, 3.63) is 29.8 Å². The number of likely N-dealkylation sites (N-methyl/N-ethyl adjacent to an activating group) is 1. The van der Waals surface area contributed by atoms with E-state index >= 15 is 0 Å². The van der Waals surface area contributed by atoms with Crippen LogP contribution in [0.3, 0.4) is 0 Å². The fraction of sp³-hybridized carbons (Fsp3) is 0.300. The van der Waals surface area contributed by atoms with Gasteiger partial charge in [0.2, 0.25) is 5.91 Å². The maximum absolute atomic E-state index is 11.2. The lowest BCUT2D eigenvalue weighted by molar-refractivity contribution is -0.115. The van der Waals surface area contributed by atoms with Crippen molar-refractivity contribution in [2.75, 3.05) is 18.9 Å². The summed E-state index contributed by atoms with van der Waals surface area (Å²) in [6, 6.07) is 7.48. The second-order valence-electron chi connectivity index (χ2n) is 2.98. The lowest BCUT2D eigenvalue weighted by Crippen LogP contribution is -2.24. The molecule has 0 spiro atoms. The molecule has 1 rings (SSSR count). The van der Waals surface area contributed by atoms with Crippen LogP contribution in [0.15, 0.2) is 24.3 Å². The average molecular weight is 193 g/mol. The normalized spacial score (nSPS) is 9.86. The van der Waals surface area contributed by atoms with Crippen LogP contribution in [0.1, 0.15) is 5.56 Å². The zero-order chi connectivity index (χ0) is 10.4. The molecular formula is C10H15N3O. The number of hydrogen-bond acceptors (Lipinski definition) is 3. The Bertz CT molecular complexity index is 295. The Labute approximate surface area is 83.5 Å². The Morgan fingerprint density at radius 2 is 2.00 bits per heavy atom. The van der Waals surface area contributed by atoms with E-state index in [0.717, 1.165) is 11.3 Å². The van der Waals surface area contributed by atoms with Gasteiger partial charge in [-0.2, -0.15) is 0 Å². The topological polar surface area (TPSA) is 67.2 Å². The minimum Gasteiger partial charge on any atom is -0.326 e. The first-order valence-corrected chi connectivity index (χ1v) is 4.49. The van der Waals surface area contributed by atoms with Crippen LogP contribution in [0.5, 0.6) is 0 Å². The number of nitrogens with one attached hydrogen (secondary N) is 2. The third-order valence-electron chi connectivity index (χ3n) is 1.81. The van der Waals surface area contributed by atoms with Crippen molar-refractivity contribution in [1.82, 2.24) is 5.32 Å². The van der Waals surface area contributed by atoms with Gasteiger partial charge in [0.1, 0.15) is 0 Å². The summed E-state index contributed by atoms with van der Waals surface area (Å²) < 4.78 is 0. The molecule has 0 unspecified atom stereocenters. The SMILES string of the molecule is CNCC(=O)Nc1ccc(CN)cc1. The van der Waals surface area contributed by atoms with Gasteiger partial charge in [0.05, 0.1) is 6.54 Å². The first kappa shape index (κ1) is 10.7. The van der Waals surface area contributed by atoms with Crippen molar-refractivity contribution in [3.8, 4) is 0 Å². The molecule has 0 aliphatic heterocycles. The number of rotatable bonds is 4. The largest absolute Gasteiger partial charge is 0.326 e. The molecule has 4 heteroatoms. The number of anilines is 1. The van der Waals surface area contributed by atoms with Gasteiger partial charge in [-0.25, -0.2) is 0 Å². The number of nitrogens with two attached hydrogens (primary N) is 1. The maximum Gasteiger partial charge on any atom is 0.238 e. The lowest BCUT2D eigenvalue weighted by atomic mass is 10.2. The Morgan fingerprint density at radius 1 is 1.36 bits per heavy atom. The van der Waals surface area contributed by atoms with Crippen molar-refractivity contribution in [2.45, 2.75) is 6.54 Å². The molecule has 1 amide bonds. The Kier molecular flexibility index (Phi) is 4.10. The zero-order valence-electron chi connectivity index (χ0n) is 8.21. The summed E-state index contributed by atoms with van der Waals surface area (Å²) in [5, 5.41) is 5.53.